The molecule has 25 heavy (non-hydrogen) atoms. The quantitative estimate of drug-likeness (QED) is 0.811. The summed E-state index contributed by atoms with van der Waals surface area (Å²) in [4.78, 5) is 26.8. The van der Waals surface area contributed by atoms with E-state index in [2.05, 4.69) is 10.3 Å². The lowest BCUT2D eigenvalue weighted by Gasteiger charge is -2.20. The average Bonchev–Trinajstić information content (AvgIpc) is 3.12. The van der Waals surface area contributed by atoms with Crippen LogP contribution in [0.3, 0.4) is 0 Å². The molecule has 0 N–H and O–H groups in total. The average molecular weight is 334 g/mol. The van der Waals surface area contributed by atoms with Crippen molar-refractivity contribution in [3.63, 3.8) is 0 Å². The maximum Gasteiger partial charge on any atom is 0.263 e. The zero-order valence-electron chi connectivity index (χ0n) is 14.1. The molecule has 0 aromatic heterocycles. The number of rotatable bonds is 3. The van der Waals surface area contributed by atoms with E-state index in [1.54, 1.807) is 17.1 Å². The highest BCUT2D eigenvalue weighted by molar-refractivity contribution is 6.25. The highest BCUT2D eigenvalue weighted by atomic mass is 16.2. The maximum atomic E-state index is 12.9. The normalized spacial score (nSPS) is 22.0. The van der Waals surface area contributed by atoms with Crippen molar-refractivity contribution in [1.82, 2.24) is 5.01 Å². The van der Waals surface area contributed by atoms with Crippen molar-refractivity contribution in [1.29, 1.82) is 0 Å². The van der Waals surface area contributed by atoms with Gasteiger partial charge in [0.25, 0.3) is 11.8 Å². The number of benzene rings is 2. The van der Waals surface area contributed by atoms with E-state index < -0.39 is 12.1 Å². The highest BCUT2D eigenvalue weighted by Gasteiger charge is 2.54. The van der Waals surface area contributed by atoms with Crippen LogP contribution >= 0.6 is 0 Å². The molecule has 0 saturated carbocycles. The number of carbonyl (C=O) groups excluding carboxylic acids is 2. The summed E-state index contributed by atoms with van der Waals surface area (Å²) in [6.45, 7) is 4.43. The predicted octanol–water partition coefficient (Wildman–Crippen LogP) is 2.80. The number of aryl methyl sites for hydroxylation is 2. The second-order valence-electron chi connectivity index (χ2n) is 6.53. The Balaban J connectivity index is 1.59. The molecule has 2 amide bonds. The summed E-state index contributed by atoms with van der Waals surface area (Å²) in [5, 5.41) is 9.74. The molecule has 0 aliphatic carbocycles. The molecule has 1 saturated heterocycles. The molecule has 6 heteroatoms. The van der Waals surface area contributed by atoms with Crippen molar-refractivity contribution >= 4 is 17.5 Å². The molecule has 0 radical (unpaired) electrons. The van der Waals surface area contributed by atoms with Crippen LogP contribution in [0.1, 0.15) is 16.7 Å². The summed E-state index contributed by atoms with van der Waals surface area (Å²) in [7, 11) is 0. The van der Waals surface area contributed by atoms with E-state index in [4.69, 9.17) is 0 Å². The first-order chi connectivity index (χ1) is 12.0. The van der Waals surface area contributed by atoms with Gasteiger partial charge in [-0.15, -0.1) is 0 Å². The van der Waals surface area contributed by atoms with Crippen LogP contribution in [0.4, 0.5) is 5.69 Å². The molecule has 2 aliphatic heterocycles. The van der Waals surface area contributed by atoms with Gasteiger partial charge in [-0.3, -0.25) is 14.6 Å². The minimum absolute atomic E-state index is 0.268. The number of amides is 2. The Morgan fingerprint density at radius 3 is 2.12 bits per heavy atom. The third kappa shape index (κ3) is 2.59. The van der Waals surface area contributed by atoms with E-state index in [1.165, 1.54) is 10.5 Å². The van der Waals surface area contributed by atoms with Gasteiger partial charge < -0.3 is 0 Å². The van der Waals surface area contributed by atoms with Crippen molar-refractivity contribution in [2.45, 2.75) is 32.5 Å². The summed E-state index contributed by atoms with van der Waals surface area (Å²) in [6.07, 6.45) is 0. The first kappa shape index (κ1) is 15.5. The first-order valence-corrected chi connectivity index (χ1v) is 8.22. The van der Waals surface area contributed by atoms with Gasteiger partial charge in [0.15, 0.2) is 12.1 Å². The number of nitrogens with zero attached hydrogens (tertiary/aromatic N) is 4. The minimum atomic E-state index is -0.751. The number of hydrogen-bond donors (Lipinski definition) is 0. The van der Waals surface area contributed by atoms with Gasteiger partial charge in [0.1, 0.15) is 0 Å². The smallest absolute Gasteiger partial charge is 0.263 e. The molecule has 2 aromatic rings. The molecule has 2 aliphatic rings. The fourth-order valence-corrected chi connectivity index (χ4v) is 3.18. The molecule has 2 unspecified atom stereocenters. The third-order valence-corrected chi connectivity index (χ3v) is 4.62. The Morgan fingerprint density at radius 1 is 0.880 bits per heavy atom. The largest absolute Gasteiger partial charge is 0.271 e. The third-order valence-electron chi connectivity index (χ3n) is 4.62. The van der Waals surface area contributed by atoms with Gasteiger partial charge in [-0.05, 0) is 31.5 Å². The second kappa shape index (κ2) is 5.81. The van der Waals surface area contributed by atoms with Crippen LogP contribution in [0.25, 0.3) is 0 Å². The standard InChI is InChI=1S/C19H18N4O2/c1-12-3-7-14(8-4-12)11-22-17-16(20-21-22)18(24)23(19(17)25)15-9-5-13(2)6-10-15/h3-10,16-17H,11H2,1-2H3. The Bertz CT molecular complexity index is 858. The molecule has 2 atom stereocenters. The van der Waals surface area contributed by atoms with E-state index >= 15 is 0 Å². The first-order valence-electron chi connectivity index (χ1n) is 8.22. The number of fused-ring (bicyclic) bond motifs is 1. The fourth-order valence-electron chi connectivity index (χ4n) is 3.18. The van der Waals surface area contributed by atoms with Gasteiger partial charge in [0, 0.05) is 0 Å². The molecule has 2 heterocycles. The fraction of sp³-hybridized carbons (Fsp3) is 0.263. The van der Waals surface area contributed by atoms with Gasteiger partial charge in [0.05, 0.1) is 12.2 Å². The molecule has 2 aromatic carbocycles. The summed E-state index contributed by atoms with van der Waals surface area (Å²) in [5.41, 5.74) is 3.85. The Hall–Kier alpha value is -3.02. The van der Waals surface area contributed by atoms with E-state index in [1.807, 2.05) is 50.2 Å². The molecule has 1 fully saturated rings. The monoisotopic (exact) mass is 334 g/mol. The van der Waals surface area contributed by atoms with Gasteiger partial charge in [-0.1, -0.05) is 52.7 Å². The van der Waals surface area contributed by atoms with E-state index in [0.717, 1.165) is 11.1 Å². The van der Waals surface area contributed by atoms with Gasteiger partial charge in [-0.25, -0.2) is 4.90 Å². The maximum absolute atomic E-state index is 12.9. The summed E-state index contributed by atoms with van der Waals surface area (Å²) in [5.74, 6) is -0.579. The van der Waals surface area contributed by atoms with Crippen LogP contribution in [0.2, 0.25) is 0 Å². The van der Waals surface area contributed by atoms with Crippen LogP contribution in [0.5, 0.6) is 0 Å². The van der Waals surface area contributed by atoms with Crippen LogP contribution < -0.4 is 4.90 Å². The van der Waals surface area contributed by atoms with E-state index in [9.17, 15) is 9.59 Å². The van der Waals surface area contributed by atoms with Gasteiger partial charge in [-0.2, -0.15) is 5.11 Å². The minimum Gasteiger partial charge on any atom is -0.271 e. The Labute approximate surface area is 145 Å². The highest BCUT2D eigenvalue weighted by Crippen LogP contribution is 2.32. The Kier molecular flexibility index (Phi) is 3.60. The van der Waals surface area contributed by atoms with Gasteiger partial charge in [0.2, 0.25) is 0 Å². The molecular weight excluding hydrogens is 316 g/mol. The summed E-state index contributed by atoms with van der Waals surface area (Å²) >= 11 is 0. The molecule has 0 spiro atoms. The van der Waals surface area contributed by atoms with Crippen LogP contribution in [-0.4, -0.2) is 28.9 Å². The number of imide groups is 1. The second-order valence-corrected chi connectivity index (χ2v) is 6.53. The van der Waals surface area contributed by atoms with Crippen molar-refractivity contribution < 1.29 is 9.59 Å². The Morgan fingerprint density at radius 2 is 1.48 bits per heavy atom. The van der Waals surface area contributed by atoms with E-state index in [0.29, 0.717) is 12.2 Å². The lowest BCUT2D eigenvalue weighted by Crippen LogP contribution is -2.39. The van der Waals surface area contributed by atoms with Crippen molar-refractivity contribution in [2.24, 2.45) is 10.3 Å². The number of carbonyl (C=O) groups is 2. The predicted molar refractivity (Wildman–Crippen MR) is 92.8 cm³/mol. The van der Waals surface area contributed by atoms with Gasteiger partial charge >= 0.3 is 0 Å². The van der Waals surface area contributed by atoms with Crippen LogP contribution in [0, 0.1) is 13.8 Å². The molecule has 6 nitrogen and oxygen atoms in total. The molecule has 4 rings (SSSR count). The van der Waals surface area contributed by atoms with Crippen molar-refractivity contribution in [3.8, 4) is 0 Å². The zero-order chi connectivity index (χ0) is 17.6. The molecular formula is C19H18N4O2. The van der Waals surface area contributed by atoms with Crippen molar-refractivity contribution in [3.05, 3.63) is 65.2 Å². The molecule has 0 bridgehead atoms. The molecule has 126 valence electrons. The zero-order valence-corrected chi connectivity index (χ0v) is 14.1. The SMILES string of the molecule is Cc1ccc(CN2N=NC3C(=O)N(c4ccc(C)cc4)C(=O)C32)cc1. The lowest BCUT2D eigenvalue weighted by molar-refractivity contribution is -0.123. The van der Waals surface area contributed by atoms with E-state index in [-0.39, 0.29) is 11.8 Å². The number of hydrogen-bond acceptors (Lipinski definition) is 5. The topological polar surface area (TPSA) is 65.3 Å². The summed E-state index contributed by atoms with van der Waals surface area (Å²) in [6, 6.07) is 14.0. The van der Waals surface area contributed by atoms with Crippen molar-refractivity contribution in [2.75, 3.05) is 4.90 Å². The summed E-state index contributed by atoms with van der Waals surface area (Å²) < 4.78 is 0. The van der Waals surface area contributed by atoms with Crippen LogP contribution in [0.15, 0.2) is 58.9 Å². The van der Waals surface area contributed by atoms with Crippen LogP contribution in [-0.2, 0) is 16.1 Å². The number of anilines is 1. The lowest BCUT2D eigenvalue weighted by atomic mass is 10.1.